The van der Waals surface area contributed by atoms with E-state index in [1.165, 1.54) is 19.2 Å². The minimum absolute atomic E-state index is 0.0276. The number of ether oxygens (including phenoxy) is 1. The fourth-order valence-corrected chi connectivity index (χ4v) is 5.27. The highest BCUT2D eigenvalue weighted by Crippen LogP contribution is 2.41. The summed E-state index contributed by atoms with van der Waals surface area (Å²) >= 11 is 1.03. The molecule has 0 atom stereocenters. The van der Waals surface area contributed by atoms with Gasteiger partial charge in [0, 0.05) is 22.3 Å². The van der Waals surface area contributed by atoms with Crippen LogP contribution >= 0.6 is 11.8 Å². The zero-order valence-corrected chi connectivity index (χ0v) is 22.3. The molecule has 3 aromatic carbocycles. The molecule has 0 aliphatic rings. The van der Waals surface area contributed by atoms with E-state index in [9.17, 15) is 18.0 Å². The number of nitrogen functional groups attached to an aromatic ring is 1. The number of imidazole rings is 1. The van der Waals surface area contributed by atoms with E-state index in [0.29, 0.717) is 33.1 Å². The number of aromatic nitrogens is 3. The number of methoxy groups -OCH3 is 1. The van der Waals surface area contributed by atoms with Crippen LogP contribution in [0.4, 0.5) is 19.0 Å². The molecule has 5 aromatic rings. The van der Waals surface area contributed by atoms with Gasteiger partial charge in [-0.2, -0.15) is 0 Å². The number of thioether (sulfide) groups is 1. The van der Waals surface area contributed by atoms with E-state index in [4.69, 9.17) is 25.1 Å². The number of hydrogen-bond donors (Lipinski definition) is 3. The van der Waals surface area contributed by atoms with Gasteiger partial charge in [-0.1, -0.05) is 36.8 Å². The van der Waals surface area contributed by atoms with Crippen molar-refractivity contribution in [3.63, 3.8) is 0 Å². The van der Waals surface area contributed by atoms with Gasteiger partial charge in [0.2, 0.25) is 0 Å². The third-order valence-corrected chi connectivity index (χ3v) is 7.59. The van der Waals surface area contributed by atoms with E-state index < -0.39 is 34.4 Å². The summed E-state index contributed by atoms with van der Waals surface area (Å²) in [5.41, 5.74) is 7.52. The molecule has 40 heavy (non-hydrogen) atoms. The van der Waals surface area contributed by atoms with Gasteiger partial charge in [0.05, 0.1) is 29.4 Å². The Kier molecular flexibility index (Phi) is 6.96. The highest BCUT2D eigenvalue weighted by atomic mass is 32.2. The number of nitrogens with zero attached hydrogens (tertiary/aromatic N) is 2. The number of hydrogen-bond acceptors (Lipinski definition) is 7. The normalized spacial score (nSPS) is 11.8. The molecule has 0 bridgehead atoms. The van der Waals surface area contributed by atoms with Gasteiger partial charge in [-0.15, -0.1) is 0 Å². The first-order valence-corrected chi connectivity index (χ1v) is 12.9. The average molecular weight is 569 g/mol. The lowest BCUT2D eigenvalue weighted by Crippen LogP contribution is -2.20. The minimum atomic E-state index is -1.43. The summed E-state index contributed by atoms with van der Waals surface area (Å²) in [5, 5.41) is 13.8. The number of benzene rings is 3. The molecule has 0 saturated heterocycles. The van der Waals surface area contributed by atoms with Crippen molar-refractivity contribution in [1.82, 2.24) is 15.1 Å². The Labute approximate surface area is 230 Å². The van der Waals surface area contributed by atoms with Crippen LogP contribution in [-0.4, -0.2) is 33.3 Å². The Bertz CT molecular complexity index is 1740. The lowest BCUT2D eigenvalue weighted by atomic mass is 9.79. The van der Waals surface area contributed by atoms with Crippen molar-refractivity contribution in [2.45, 2.75) is 30.2 Å². The number of carboxylic acid groups (broad SMARTS) is 1. The second-order valence-corrected chi connectivity index (χ2v) is 10.5. The molecule has 2 heterocycles. The number of fused-ring (bicyclic) bond motifs is 1. The Balaban J connectivity index is 1.58. The van der Waals surface area contributed by atoms with Crippen LogP contribution in [-0.2, 0) is 11.2 Å². The Hall–Kier alpha value is -4.45. The monoisotopic (exact) mass is 568 g/mol. The summed E-state index contributed by atoms with van der Waals surface area (Å²) in [7, 11) is 1.36. The van der Waals surface area contributed by atoms with Gasteiger partial charge in [0.25, 0.3) is 0 Å². The summed E-state index contributed by atoms with van der Waals surface area (Å²) in [6, 6.07) is 11.4. The number of rotatable bonds is 8. The molecule has 206 valence electrons. The largest absolute Gasteiger partial charge is 0.494 e. The average Bonchev–Trinajstić information content (AvgIpc) is 3.52. The highest BCUT2D eigenvalue weighted by molar-refractivity contribution is 7.98. The molecule has 12 heteroatoms. The fourth-order valence-electron chi connectivity index (χ4n) is 4.38. The van der Waals surface area contributed by atoms with Crippen LogP contribution in [0.15, 0.2) is 58.2 Å². The van der Waals surface area contributed by atoms with E-state index in [1.54, 1.807) is 12.1 Å². The molecule has 0 saturated carbocycles. The smallest absolute Gasteiger partial charge is 0.335 e. The number of nitrogens with two attached hydrogens (primary N) is 1. The van der Waals surface area contributed by atoms with E-state index in [0.717, 1.165) is 29.5 Å². The topological polar surface area (TPSA) is 127 Å². The molecule has 0 aliphatic carbocycles. The van der Waals surface area contributed by atoms with Gasteiger partial charge in [-0.05, 0) is 48.0 Å². The first-order chi connectivity index (χ1) is 19.0. The molecule has 5 rings (SSSR count). The number of aromatic carboxylic acids is 1. The minimum Gasteiger partial charge on any atom is -0.494 e. The van der Waals surface area contributed by atoms with Gasteiger partial charge in [-0.3, -0.25) is 0 Å². The van der Waals surface area contributed by atoms with Crippen molar-refractivity contribution < 1.29 is 32.3 Å². The zero-order chi connectivity index (χ0) is 28.8. The number of H-pyrrole nitrogens is 1. The first kappa shape index (κ1) is 27.1. The molecule has 0 fully saturated rings. The van der Waals surface area contributed by atoms with Crippen LogP contribution in [0.25, 0.3) is 22.2 Å². The van der Waals surface area contributed by atoms with Gasteiger partial charge < -0.3 is 25.1 Å². The number of aromatic amines is 1. The molecule has 0 unspecified atom stereocenters. The summed E-state index contributed by atoms with van der Waals surface area (Å²) < 4.78 is 53.7. The van der Waals surface area contributed by atoms with Crippen molar-refractivity contribution in [3.05, 3.63) is 88.4 Å². The molecule has 8 nitrogen and oxygen atoms in total. The van der Waals surface area contributed by atoms with Gasteiger partial charge >= 0.3 is 5.97 Å². The number of carbonyl (C=O) groups is 1. The van der Waals surface area contributed by atoms with Crippen LogP contribution < -0.4 is 10.5 Å². The standard InChI is InChI=1S/C28H23F3N4O4S/c1-28(2,15-5-7-21-16(11-15)25(32)35-39-21)24-23(13-4-6-18(29)22(10-13)38-3)33-27(34-24)40-12-17-19(30)8-14(26(36)37)9-20(17)31/h4-11H,12H2,1-3H3,(H2,32,35)(H,33,34)(H,36,37). The van der Waals surface area contributed by atoms with Crippen LogP contribution in [0.3, 0.4) is 0 Å². The van der Waals surface area contributed by atoms with Gasteiger partial charge in [0.1, 0.15) is 11.6 Å². The van der Waals surface area contributed by atoms with Crippen LogP contribution in [0, 0.1) is 17.5 Å². The van der Waals surface area contributed by atoms with Gasteiger partial charge in [0.15, 0.2) is 28.1 Å². The summed E-state index contributed by atoms with van der Waals surface area (Å²) in [6.45, 7) is 3.90. The van der Waals surface area contributed by atoms with Crippen molar-refractivity contribution in [2.75, 3.05) is 12.8 Å². The van der Waals surface area contributed by atoms with E-state index in [1.807, 2.05) is 26.0 Å². The van der Waals surface area contributed by atoms with E-state index in [-0.39, 0.29) is 22.9 Å². The lowest BCUT2D eigenvalue weighted by molar-refractivity contribution is 0.0695. The van der Waals surface area contributed by atoms with Crippen molar-refractivity contribution in [1.29, 1.82) is 0 Å². The van der Waals surface area contributed by atoms with Crippen molar-refractivity contribution >= 4 is 34.5 Å². The predicted octanol–water partition coefficient (Wildman–Crippen LogP) is 6.54. The van der Waals surface area contributed by atoms with Crippen molar-refractivity contribution in [2.24, 2.45) is 0 Å². The van der Waals surface area contributed by atoms with E-state index in [2.05, 4.69) is 10.1 Å². The summed E-state index contributed by atoms with van der Waals surface area (Å²) in [4.78, 5) is 19.1. The van der Waals surface area contributed by atoms with Crippen LogP contribution in [0.1, 0.15) is 41.0 Å². The highest BCUT2D eigenvalue weighted by Gasteiger charge is 2.31. The Morgan fingerprint density at radius 3 is 2.50 bits per heavy atom. The first-order valence-electron chi connectivity index (χ1n) is 11.9. The van der Waals surface area contributed by atoms with Crippen molar-refractivity contribution in [3.8, 4) is 17.0 Å². The SMILES string of the molecule is COc1cc(-c2nc(SCc3c(F)cc(C(=O)O)cc3F)[nH]c2C(C)(C)c2ccc3onc(N)c3c2)ccc1F. The quantitative estimate of drug-likeness (QED) is 0.180. The van der Waals surface area contributed by atoms with Crippen LogP contribution in [0.5, 0.6) is 5.75 Å². The number of carboxylic acids is 1. The molecular formula is C28H23F3N4O4S. The molecule has 2 aromatic heterocycles. The predicted molar refractivity (Wildman–Crippen MR) is 144 cm³/mol. The maximum Gasteiger partial charge on any atom is 0.335 e. The van der Waals surface area contributed by atoms with Gasteiger partial charge in [-0.25, -0.2) is 22.9 Å². The molecule has 0 aliphatic heterocycles. The Morgan fingerprint density at radius 2 is 1.82 bits per heavy atom. The van der Waals surface area contributed by atoms with E-state index >= 15 is 0 Å². The molecule has 0 radical (unpaired) electrons. The lowest BCUT2D eigenvalue weighted by Gasteiger charge is -2.25. The number of halogens is 3. The van der Waals surface area contributed by atoms with Crippen LogP contribution in [0.2, 0.25) is 0 Å². The molecule has 0 spiro atoms. The fraction of sp³-hybridized carbons (Fsp3) is 0.179. The summed E-state index contributed by atoms with van der Waals surface area (Å²) in [6.07, 6.45) is 0. The zero-order valence-electron chi connectivity index (χ0n) is 21.5. The number of anilines is 1. The number of nitrogens with one attached hydrogen (secondary N) is 1. The molecular weight excluding hydrogens is 545 g/mol. The maximum absolute atomic E-state index is 14.6. The molecule has 4 N–H and O–H groups in total. The summed E-state index contributed by atoms with van der Waals surface area (Å²) in [5.74, 6) is -3.81. The second-order valence-electron chi connectivity index (χ2n) is 9.53. The third-order valence-electron chi connectivity index (χ3n) is 6.69. The third kappa shape index (κ3) is 4.86. The Morgan fingerprint density at radius 1 is 1.10 bits per heavy atom. The second kappa shape index (κ2) is 10.3. The molecule has 0 amide bonds. The maximum atomic E-state index is 14.6.